The van der Waals surface area contributed by atoms with Crippen LogP contribution in [0.5, 0.6) is 0 Å². The highest BCUT2D eigenvalue weighted by Crippen LogP contribution is 2.60. The van der Waals surface area contributed by atoms with E-state index in [1.165, 1.54) is 12.1 Å². The Morgan fingerprint density at radius 2 is 1.90 bits per heavy atom. The number of carbonyl (C=O) groups is 3. The number of carbonyl (C=O) groups excluding carboxylic acids is 3. The number of amides is 3. The summed E-state index contributed by atoms with van der Waals surface area (Å²) >= 11 is 5.91. The summed E-state index contributed by atoms with van der Waals surface area (Å²) in [4.78, 5) is 43.8. The molecule has 0 radical (unpaired) electrons. The normalized spacial score (nSPS) is 32.0. The van der Waals surface area contributed by atoms with Crippen LogP contribution in [0, 0.1) is 17.7 Å². The maximum atomic E-state index is 13.7. The molecule has 3 saturated heterocycles. The molecule has 152 valence electrons. The van der Waals surface area contributed by atoms with Gasteiger partial charge in [0.25, 0.3) is 0 Å². The first kappa shape index (κ1) is 18.0. The van der Waals surface area contributed by atoms with E-state index in [4.69, 9.17) is 11.6 Å². The van der Waals surface area contributed by atoms with E-state index >= 15 is 0 Å². The highest BCUT2D eigenvalue weighted by molar-refractivity contribution is 6.32. The molecule has 4 aliphatic rings. The molecule has 0 unspecified atom stereocenters. The molecule has 4 aliphatic heterocycles. The molecule has 0 saturated carbocycles. The summed E-state index contributed by atoms with van der Waals surface area (Å²) in [6, 6.07) is 11.0. The Hall–Kier alpha value is -2.77. The molecule has 2 aromatic rings. The molecule has 6 nitrogen and oxygen atoms in total. The third-order valence-electron chi connectivity index (χ3n) is 7.06. The van der Waals surface area contributed by atoms with Crippen LogP contribution in [0.15, 0.2) is 42.5 Å². The summed E-state index contributed by atoms with van der Waals surface area (Å²) in [5, 5.41) is 2.77. The Morgan fingerprint density at radius 3 is 2.70 bits per heavy atom. The molecule has 4 heterocycles. The van der Waals surface area contributed by atoms with Gasteiger partial charge in [-0.2, -0.15) is 0 Å². The van der Waals surface area contributed by atoms with E-state index in [0.717, 1.165) is 29.4 Å². The van der Waals surface area contributed by atoms with E-state index in [-0.39, 0.29) is 28.6 Å². The molecule has 6 rings (SSSR count). The average molecular weight is 426 g/mol. The number of para-hydroxylation sites is 1. The minimum absolute atomic E-state index is 0.161. The van der Waals surface area contributed by atoms with E-state index in [1.807, 2.05) is 24.3 Å². The van der Waals surface area contributed by atoms with Crippen molar-refractivity contribution in [3.63, 3.8) is 0 Å². The standard InChI is InChI=1S/C22H17ClFN3O3/c23-13-10-11(7-8-14(13)24)27-19(28)17-16-6-3-9-26(16)22(18(17)20(27)29)12-4-1-2-5-15(12)25-21(22)30/h1-2,4-5,7-8,10,16-18H,3,6,9H2,(H,25,30)/t16-,17+,18-,22+/m0/s1. The van der Waals surface area contributed by atoms with Crippen molar-refractivity contribution in [2.75, 3.05) is 16.8 Å². The van der Waals surface area contributed by atoms with E-state index < -0.39 is 29.1 Å². The van der Waals surface area contributed by atoms with Crippen LogP contribution in [0.2, 0.25) is 5.02 Å². The summed E-state index contributed by atoms with van der Waals surface area (Å²) < 4.78 is 13.7. The maximum absolute atomic E-state index is 13.7. The zero-order valence-electron chi connectivity index (χ0n) is 15.8. The second kappa shape index (κ2) is 5.89. The van der Waals surface area contributed by atoms with Gasteiger partial charge in [-0.05, 0) is 43.7 Å². The smallest absolute Gasteiger partial charge is 0.250 e. The predicted octanol–water partition coefficient (Wildman–Crippen LogP) is 2.91. The van der Waals surface area contributed by atoms with Gasteiger partial charge in [0.2, 0.25) is 17.7 Å². The molecule has 0 aromatic heterocycles. The fraction of sp³-hybridized carbons (Fsp3) is 0.318. The molecule has 1 spiro atoms. The number of hydrogen-bond acceptors (Lipinski definition) is 4. The van der Waals surface area contributed by atoms with Crippen molar-refractivity contribution in [2.24, 2.45) is 11.8 Å². The van der Waals surface area contributed by atoms with E-state index in [0.29, 0.717) is 12.2 Å². The molecule has 8 heteroatoms. The van der Waals surface area contributed by atoms with Crippen molar-refractivity contribution in [1.29, 1.82) is 0 Å². The number of fused-ring (bicyclic) bond motifs is 7. The third kappa shape index (κ3) is 1.95. The molecule has 2 aromatic carbocycles. The fourth-order valence-corrected chi connectivity index (χ4v) is 6.21. The number of benzene rings is 2. The number of hydrogen-bond donors (Lipinski definition) is 1. The van der Waals surface area contributed by atoms with Crippen LogP contribution < -0.4 is 10.2 Å². The van der Waals surface area contributed by atoms with Crippen molar-refractivity contribution >= 4 is 40.7 Å². The lowest BCUT2D eigenvalue weighted by Gasteiger charge is -2.36. The number of nitrogens with zero attached hydrogens (tertiary/aromatic N) is 2. The van der Waals surface area contributed by atoms with Crippen molar-refractivity contribution in [1.82, 2.24) is 4.90 Å². The lowest BCUT2D eigenvalue weighted by Crippen LogP contribution is -2.54. The van der Waals surface area contributed by atoms with Gasteiger partial charge >= 0.3 is 0 Å². The van der Waals surface area contributed by atoms with Crippen LogP contribution in [0.25, 0.3) is 0 Å². The van der Waals surface area contributed by atoms with E-state index in [1.54, 1.807) is 0 Å². The molecule has 0 bridgehead atoms. The molecule has 1 N–H and O–H groups in total. The summed E-state index contributed by atoms with van der Waals surface area (Å²) in [5.74, 6) is -3.12. The Labute approximate surface area is 176 Å². The van der Waals surface area contributed by atoms with Crippen LogP contribution in [-0.2, 0) is 19.9 Å². The van der Waals surface area contributed by atoms with Gasteiger partial charge in [-0.1, -0.05) is 29.8 Å². The number of nitrogens with one attached hydrogen (secondary N) is 1. The van der Waals surface area contributed by atoms with Crippen LogP contribution in [0.1, 0.15) is 18.4 Å². The number of rotatable bonds is 1. The third-order valence-corrected chi connectivity index (χ3v) is 7.35. The second-order valence-corrected chi connectivity index (χ2v) is 8.69. The van der Waals surface area contributed by atoms with Crippen molar-refractivity contribution < 1.29 is 18.8 Å². The Bertz CT molecular complexity index is 1150. The molecular weight excluding hydrogens is 409 g/mol. The lowest BCUT2D eigenvalue weighted by molar-refractivity contribution is -0.135. The first-order valence-electron chi connectivity index (χ1n) is 9.97. The van der Waals surface area contributed by atoms with Gasteiger partial charge in [0.05, 0.1) is 22.5 Å². The summed E-state index contributed by atoms with van der Waals surface area (Å²) in [7, 11) is 0. The topological polar surface area (TPSA) is 69.7 Å². The largest absolute Gasteiger partial charge is 0.324 e. The quantitative estimate of drug-likeness (QED) is 0.713. The minimum atomic E-state index is -1.20. The zero-order chi connectivity index (χ0) is 20.8. The molecule has 0 aliphatic carbocycles. The van der Waals surface area contributed by atoms with Gasteiger partial charge in [0, 0.05) is 17.3 Å². The lowest BCUT2D eigenvalue weighted by atomic mass is 9.75. The summed E-state index contributed by atoms with van der Waals surface area (Å²) in [5.41, 5.74) is 0.456. The van der Waals surface area contributed by atoms with Crippen molar-refractivity contribution in [3.05, 3.63) is 58.9 Å². The van der Waals surface area contributed by atoms with Crippen LogP contribution in [-0.4, -0.2) is 35.2 Å². The Balaban J connectivity index is 1.55. The number of imide groups is 1. The molecule has 3 fully saturated rings. The molecule has 30 heavy (non-hydrogen) atoms. The summed E-state index contributed by atoms with van der Waals surface area (Å²) in [6.45, 7) is 0.655. The highest BCUT2D eigenvalue weighted by atomic mass is 35.5. The van der Waals surface area contributed by atoms with E-state index in [9.17, 15) is 18.8 Å². The van der Waals surface area contributed by atoms with Crippen LogP contribution in [0.4, 0.5) is 15.8 Å². The molecule has 4 atom stereocenters. The molecular formula is C22H17ClFN3O3. The van der Waals surface area contributed by atoms with Gasteiger partial charge in [-0.3, -0.25) is 19.3 Å². The summed E-state index contributed by atoms with van der Waals surface area (Å²) in [6.07, 6.45) is 1.60. The first-order valence-corrected chi connectivity index (χ1v) is 10.3. The zero-order valence-corrected chi connectivity index (χ0v) is 16.5. The SMILES string of the molecule is O=C1[C@H]2[C@@H](C(=O)N1c1ccc(F)c(Cl)c1)[C@]1(C(=O)Nc3ccccc31)N1CCC[C@@H]21. The predicted molar refractivity (Wildman–Crippen MR) is 107 cm³/mol. The Morgan fingerprint density at radius 1 is 1.10 bits per heavy atom. The van der Waals surface area contributed by atoms with Gasteiger partial charge in [-0.15, -0.1) is 0 Å². The minimum Gasteiger partial charge on any atom is -0.324 e. The van der Waals surface area contributed by atoms with Crippen LogP contribution >= 0.6 is 11.6 Å². The Kier molecular flexibility index (Phi) is 3.54. The van der Waals surface area contributed by atoms with Gasteiger partial charge in [0.1, 0.15) is 11.4 Å². The average Bonchev–Trinajstić information content (AvgIpc) is 3.42. The van der Waals surface area contributed by atoms with Gasteiger partial charge < -0.3 is 5.32 Å². The first-order chi connectivity index (χ1) is 14.5. The van der Waals surface area contributed by atoms with Crippen molar-refractivity contribution in [3.8, 4) is 0 Å². The second-order valence-electron chi connectivity index (χ2n) is 8.28. The monoisotopic (exact) mass is 425 g/mol. The van der Waals surface area contributed by atoms with E-state index in [2.05, 4.69) is 10.2 Å². The van der Waals surface area contributed by atoms with Crippen molar-refractivity contribution in [2.45, 2.75) is 24.4 Å². The number of anilines is 2. The van der Waals surface area contributed by atoms with Gasteiger partial charge in [-0.25, -0.2) is 9.29 Å². The van der Waals surface area contributed by atoms with Gasteiger partial charge in [0.15, 0.2) is 0 Å². The molecule has 3 amide bonds. The maximum Gasteiger partial charge on any atom is 0.250 e. The van der Waals surface area contributed by atoms with Crippen LogP contribution in [0.3, 0.4) is 0 Å². The highest BCUT2D eigenvalue weighted by Gasteiger charge is 2.74. The number of halogens is 2. The fourth-order valence-electron chi connectivity index (χ4n) is 6.04.